The number of aryl methyl sites for hydroxylation is 1. The van der Waals surface area contributed by atoms with Crippen molar-refractivity contribution < 1.29 is 14.2 Å². The van der Waals surface area contributed by atoms with Crippen LogP contribution in [0, 0.1) is 6.92 Å². The van der Waals surface area contributed by atoms with E-state index in [1.807, 2.05) is 55.5 Å². The molecule has 0 spiro atoms. The molecule has 1 aromatic heterocycles. The molecule has 0 bridgehead atoms. The van der Waals surface area contributed by atoms with E-state index in [4.69, 9.17) is 19.9 Å². The lowest BCUT2D eigenvalue weighted by Gasteiger charge is -2.11. The van der Waals surface area contributed by atoms with E-state index in [1.54, 1.807) is 7.11 Å². The summed E-state index contributed by atoms with van der Waals surface area (Å²) < 4.78 is 16.2. The summed E-state index contributed by atoms with van der Waals surface area (Å²) in [5, 5.41) is 6.51. The number of rotatable bonds is 14. The average Bonchev–Trinajstić information content (AvgIpc) is 2.85. The molecule has 0 aliphatic rings. The molecular formula is C24H32N6O3. The van der Waals surface area contributed by atoms with Crippen molar-refractivity contribution in [1.82, 2.24) is 15.0 Å². The topological polar surface area (TPSA) is 116 Å². The van der Waals surface area contributed by atoms with Gasteiger partial charge >= 0.3 is 0 Å². The molecule has 0 unspecified atom stereocenters. The third-order valence-corrected chi connectivity index (χ3v) is 4.69. The van der Waals surface area contributed by atoms with Gasteiger partial charge in [-0.1, -0.05) is 42.0 Å². The van der Waals surface area contributed by atoms with E-state index < -0.39 is 0 Å². The number of ether oxygens (including phenoxy) is 3. The van der Waals surface area contributed by atoms with Crippen molar-refractivity contribution in [2.45, 2.75) is 13.5 Å². The van der Waals surface area contributed by atoms with Crippen molar-refractivity contribution in [3.63, 3.8) is 0 Å². The fourth-order valence-electron chi connectivity index (χ4n) is 2.97. The monoisotopic (exact) mass is 452 g/mol. The molecule has 33 heavy (non-hydrogen) atoms. The summed E-state index contributed by atoms with van der Waals surface area (Å²) in [5.41, 5.74) is 8.55. The standard InChI is InChI=1S/C24H32N6O3/c1-18-6-8-20(9-7-18)22-28-23(26-11-13-33-15-14-32-12-10-25)30-24(29-22)27-17-19-4-3-5-21(16-19)31-2/h3-9,16H,10-15,17,25H2,1-2H3,(H2,26,27,28,29,30). The maximum Gasteiger partial charge on any atom is 0.228 e. The Hall–Kier alpha value is -3.27. The van der Waals surface area contributed by atoms with Crippen LogP contribution in [0.3, 0.4) is 0 Å². The molecule has 3 aromatic rings. The Morgan fingerprint density at radius 1 is 0.848 bits per heavy atom. The van der Waals surface area contributed by atoms with Gasteiger partial charge in [0.05, 0.1) is 33.5 Å². The van der Waals surface area contributed by atoms with Crippen LogP contribution in [0.15, 0.2) is 48.5 Å². The quantitative estimate of drug-likeness (QED) is 0.317. The Balaban J connectivity index is 1.65. The molecule has 0 aliphatic carbocycles. The molecule has 9 heteroatoms. The predicted molar refractivity (Wildman–Crippen MR) is 130 cm³/mol. The van der Waals surface area contributed by atoms with Gasteiger partial charge in [-0.25, -0.2) is 0 Å². The highest BCUT2D eigenvalue weighted by atomic mass is 16.5. The molecule has 2 aromatic carbocycles. The van der Waals surface area contributed by atoms with Gasteiger partial charge in [-0.2, -0.15) is 15.0 Å². The number of nitrogens with zero attached hydrogens (tertiary/aromatic N) is 3. The van der Waals surface area contributed by atoms with Gasteiger partial charge in [-0.15, -0.1) is 0 Å². The summed E-state index contributed by atoms with van der Waals surface area (Å²) in [6, 6.07) is 15.9. The Morgan fingerprint density at radius 3 is 2.30 bits per heavy atom. The summed E-state index contributed by atoms with van der Waals surface area (Å²) in [4.78, 5) is 13.7. The number of nitrogens with one attached hydrogen (secondary N) is 2. The summed E-state index contributed by atoms with van der Waals surface area (Å²) >= 11 is 0. The minimum absolute atomic E-state index is 0.483. The Morgan fingerprint density at radius 2 is 1.58 bits per heavy atom. The van der Waals surface area contributed by atoms with E-state index in [-0.39, 0.29) is 0 Å². The third kappa shape index (κ3) is 8.30. The lowest BCUT2D eigenvalue weighted by Crippen LogP contribution is -2.16. The number of benzene rings is 2. The van der Waals surface area contributed by atoms with E-state index in [1.165, 1.54) is 5.56 Å². The SMILES string of the molecule is COc1cccc(CNc2nc(NCCOCCOCCN)nc(-c3ccc(C)cc3)n2)c1. The highest BCUT2D eigenvalue weighted by Crippen LogP contribution is 2.19. The van der Waals surface area contributed by atoms with Crippen LogP contribution in [-0.2, 0) is 16.0 Å². The van der Waals surface area contributed by atoms with Crippen molar-refractivity contribution in [3.05, 3.63) is 59.7 Å². The second-order valence-corrected chi connectivity index (χ2v) is 7.32. The van der Waals surface area contributed by atoms with Gasteiger partial charge in [0.25, 0.3) is 0 Å². The third-order valence-electron chi connectivity index (χ3n) is 4.69. The number of aromatic nitrogens is 3. The van der Waals surface area contributed by atoms with Crippen LogP contribution in [0.25, 0.3) is 11.4 Å². The number of hydrogen-bond acceptors (Lipinski definition) is 9. The summed E-state index contributed by atoms with van der Waals surface area (Å²) in [6.07, 6.45) is 0. The first-order chi connectivity index (χ1) is 16.2. The molecule has 1 heterocycles. The molecule has 0 saturated carbocycles. The molecule has 176 valence electrons. The summed E-state index contributed by atoms with van der Waals surface area (Å²) in [6.45, 7) is 5.76. The van der Waals surface area contributed by atoms with Crippen LogP contribution < -0.4 is 21.1 Å². The van der Waals surface area contributed by atoms with Crippen LogP contribution >= 0.6 is 0 Å². The largest absolute Gasteiger partial charge is 0.497 e. The van der Waals surface area contributed by atoms with Gasteiger partial charge in [-0.3, -0.25) is 0 Å². The summed E-state index contributed by atoms with van der Waals surface area (Å²) in [5.74, 6) is 2.37. The second-order valence-electron chi connectivity index (χ2n) is 7.32. The van der Waals surface area contributed by atoms with E-state index in [9.17, 15) is 0 Å². The van der Waals surface area contributed by atoms with Gasteiger partial charge in [0, 0.05) is 25.2 Å². The Kier molecular flexibility index (Phi) is 9.84. The molecule has 0 aliphatic heterocycles. The molecular weight excluding hydrogens is 420 g/mol. The van der Waals surface area contributed by atoms with Crippen LogP contribution in [-0.4, -0.2) is 61.6 Å². The second kappa shape index (κ2) is 13.3. The molecule has 0 atom stereocenters. The molecule has 0 radical (unpaired) electrons. The average molecular weight is 453 g/mol. The maximum atomic E-state index is 5.56. The van der Waals surface area contributed by atoms with Crippen molar-refractivity contribution in [2.75, 3.05) is 57.3 Å². The maximum absolute atomic E-state index is 5.56. The van der Waals surface area contributed by atoms with Crippen molar-refractivity contribution in [2.24, 2.45) is 5.73 Å². The van der Waals surface area contributed by atoms with Crippen LogP contribution in [0.5, 0.6) is 5.75 Å². The first-order valence-corrected chi connectivity index (χ1v) is 11.0. The molecule has 0 fully saturated rings. The predicted octanol–water partition coefficient (Wildman–Crippen LogP) is 2.87. The first-order valence-electron chi connectivity index (χ1n) is 11.0. The smallest absolute Gasteiger partial charge is 0.228 e. The van der Waals surface area contributed by atoms with E-state index >= 15 is 0 Å². The molecule has 0 amide bonds. The normalized spacial score (nSPS) is 10.8. The zero-order valence-electron chi connectivity index (χ0n) is 19.2. The number of hydrogen-bond donors (Lipinski definition) is 3. The lowest BCUT2D eigenvalue weighted by atomic mass is 10.1. The zero-order chi connectivity index (χ0) is 23.3. The van der Waals surface area contributed by atoms with Gasteiger partial charge in [0.15, 0.2) is 5.82 Å². The van der Waals surface area contributed by atoms with E-state index in [0.717, 1.165) is 16.9 Å². The van der Waals surface area contributed by atoms with Gasteiger partial charge in [0.1, 0.15) is 5.75 Å². The number of methoxy groups -OCH3 is 1. The van der Waals surface area contributed by atoms with Crippen molar-refractivity contribution >= 4 is 11.9 Å². The van der Waals surface area contributed by atoms with Gasteiger partial charge < -0.3 is 30.6 Å². The fourth-order valence-corrected chi connectivity index (χ4v) is 2.97. The zero-order valence-corrected chi connectivity index (χ0v) is 19.2. The minimum Gasteiger partial charge on any atom is -0.497 e. The number of anilines is 2. The molecule has 9 nitrogen and oxygen atoms in total. The molecule has 4 N–H and O–H groups in total. The highest BCUT2D eigenvalue weighted by Gasteiger charge is 2.09. The summed E-state index contributed by atoms with van der Waals surface area (Å²) in [7, 11) is 1.65. The Bertz CT molecular complexity index is 984. The van der Waals surface area contributed by atoms with Gasteiger partial charge in [-0.05, 0) is 24.6 Å². The van der Waals surface area contributed by atoms with E-state index in [2.05, 4.69) is 25.6 Å². The van der Waals surface area contributed by atoms with Crippen LogP contribution in [0.4, 0.5) is 11.9 Å². The first kappa shape index (κ1) is 24.4. The van der Waals surface area contributed by atoms with E-state index in [0.29, 0.717) is 63.8 Å². The number of nitrogens with two attached hydrogens (primary N) is 1. The molecule has 0 saturated heterocycles. The van der Waals surface area contributed by atoms with Crippen molar-refractivity contribution in [1.29, 1.82) is 0 Å². The van der Waals surface area contributed by atoms with Crippen molar-refractivity contribution in [3.8, 4) is 17.1 Å². The van der Waals surface area contributed by atoms with Crippen LogP contribution in [0.1, 0.15) is 11.1 Å². The highest BCUT2D eigenvalue weighted by molar-refractivity contribution is 5.58. The van der Waals surface area contributed by atoms with Crippen LogP contribution in [0.2, 0.25) is 0 Å². The minimum atomic E-state index is 0.483. The lowest BCUT2D eigenvalue weighted by molar-refractivity contribution is 0.0547. The fraction of sp³-hybridized carbons (Fsp3) is 0.375. The Labute approximate surface area is 194 Å². The van der Waals surface area contributed by atoms with Gasteiger partial charge in [0.2, 0.25) is 11.9 Å². The molecule has 3 rings (SSSR count).